The largest absolute Gasteiger partial charge is 0.346 e. The molecule has 3 saturated carbocycles. The Balaban J connectivity index is 1.54. The first-order chi connectivity index (χ1) is 16.0. The molecule has 34 heavy (non-hydrogen) atoms. The Labute approximate surface area is 202 Å². The van der Waals surface area contributed by atoms with E-state index in [0.717, 1.165) is 38.5 Å². The highest BCUT2D eigenvalue weighted by Crippen LogP contribution is 2.66. The molecule has 5 atom stereocenters. The Kier molecular flexibility index (Phi) is 6.66. The molecule has 1 heterocycles. The molecule has 0 aromatic rings. The van der Waals surface area contributed by atoms with Crippen molar-refractivity contribution in [1.82, 2.24) is 15.5 Å². The van der Waals surface area contributed by atoms with Crippen LogP contribution in [0.1, 0.15) is 65.7 Å². The maximum atomic E-state index is 13.7. The van der Waals surface area contributed by atoms with Gasteiger partial charge in [0.15, 0.2) is 0 Å². The van der Waals surface area contributed by atoms with Crippen LogP contribution in [-0.2, 0) is 19.2 Å². The molecule has 0 radical (unpaired) electrons. The number of nitrogens with one attached hydrogen (secondary N) is 2. The number of rotatable bonds is 9. The number of hydrogen-bond donors (Lipinski definition) is 3. The standard InChI is InChI=1S/C26H40N4O4/c1-5-12-28-23(33)20(31)18(13-15-6-7-15)29-22(32)19-16-8-9-26(10-11-26)17(16)14-30(19)24(34)21(27)25(2,3)4/h5,15-19,21H,1,6-14,27H2,2-4H3,(H,28,33)(H,29,32)/t16-,17-,18?,19-,21+/m0/s1. The van der Waals surface area contributed by atoms with Gasteiger partial charge in [-0.25, -0.2) is 0 Å². The third kappa shape index (κ3) is 4.79. The van der Waals surface area contributed by atoms with Gasteiger partial charge in [-0.3, -0.25) is 19.2 Å². The molecule has 188 valence electrons. The van der Waals surface area contributed by atoms with Crippen molar-refractivity contribution >= 4 is 23.5 Å². The summed E-state index contributed by atoms with van der Waals surface area (Å²) in [5.41, 5.74) is 6.17. The summed E-state index contributed by atoms with van der Waals surface area (Å²) in [4.78, 5) is 54.1. The molecular formula is C26H40N4O4. The van der Waals surface area contributed by atoms with E-state index in [-0.39, 0.29) is 29.7 Å². The van der Waals surface area contributed by atoms with Crippen molar-refractivity contribution in [2.45, 2.75) is 83.8 Å². The SMILES string of the molecule is C=CCNC(=O)C(=O)C(CC1CC1)NC(=O)[C@@H]1[C@H]2CCC3(CC3)[C@H]2CN1C(=O)[C@@H](N)C(C)(C)C. The predicted octanol–water partition coefficient (Wildman–Crippen LogP) is 1.53. The van der Waals surface area contributed by atoms with Crippen molar-refractivity contribution in [3.63, 3.8) is 0 Å². The molecule has 1 spiro atoms. The summed E-state index contributed by atoms with van der Waals surface area (Å²) in [6.45, 7) is 10.1. The number of ketones is 1. The van der Waals surface area contributed by atoms with Gasteiger partial charge >= 0.3 is 0 Å². The van der Waals surface area contributed by atoms with Crippen molar-refractivity contribution < 1.29 is 19.2 Å². The first-order valence-electron chi connectivity index (χ1n) is 12.8. The van der Waals surface area contributed by atoms with Crippen LogP contribution in [0.5, 0.6) is 0 Å². The van der Waals surface area contributed by atoms with Crippen LogP contribution in [0.4, 0.5) is 0 Å². The second-order valence-electron chi connectivity index (χ2n) is 12.1. The highest BCUT2D eigenvalue weighted by molar-refractivity contribution is 6.38. The van der Waals surface area contributed by atoms with Crippen molar-refractivity contribution in [2.24, 2.45) is 34.3 Å². The van der Waals surface area contributed by atoms with Crippen molar-refractivity contribution in [1.29, 1.82) is 0 Å². The second-order valence-corrected chi connectivity index (χ2v) is 12.1. The van der Waals surface area contributed by atoms with Gasteiger partial charge in [-0.05, 0) is 60.7 Å². The summed E-state index contributed by atoms with van der Waals surface area (Å²) in [5.74, 6) is -1.16. The molecule has 3 aliphatic carbocycles. The fourth-order valence-corrected chi connectivity index (χ4v) is 6.04. The monoisotopic (exact) mass is 472 g/mol. The summed E-state index contributed by atoms with van der Waals surface area (Å²) in [7, 11) is 0. The van der Waals surface area contributed by atoms with Gasteiger partial charge < -0.3 is 21.3 Å². The molecule has 0 aromatic carbocycles. The van der Waals surface area contributed by atoms with Crippen molar-refractivity contribution in [3.05, 3.63) is 12.7 Å². The lowest BCUT2D eigenvalue weighted by atomic mass is 9.86. The zero-order valence-electron chi connectivity index (χ0n) is 20.8. The van der Waals surface area contributed by atoms with Gasteiger partial charge in [-0.1, -0.05) is 39.7 Å². The van der Waals surface area contributed by atoms with Gasteiger partial charge in [0, 0.05) is 13.1 Å². The second kappa shape index (κ2) is 9.10. The Hall–Kier alpha value is -2.22. The van der Waals surface area contributed by atoms with E-state index in [1.807, 2.05) is 20.8 Å². The Morgan fingerprint density at radius 2 is 1.82 bits per heavy atom. The average Bonchev–Trinajstić information content (AvgIpc) is 3.69. The number of likely N-dealkylation sites (tertiary alicyclic amines) is 1. The van der Waals surface area contributed by atoms with Crippen LogP contribution in [0.3, 0.4) is 0 Å². The summed E-state index contributed by atoms with van der Waals surface area (Å²) >= 11 is 0. The van der Waals surface area contributed by atoms with Crippen LogP contribution >= 0.6 is 0 Å². The van der Waals surface area contributed by atoms with Crippen molar-refractivity contribution in [3.8, 4) is 0 Å². The zero-order chi connectivity index (χ0) is 24.8. The summed E-state index contributed by atoms with van der Waals surface area (Å²) in [6, 6.07) is -2.24. The first-order valence-corrected chi connectivity index (χ1v) is 12.8. The third-order valence-electron chi connectivity index (χ3n) is 8.59. The smallest absolute Gasteiger partial charge is 0.289 e. The van der Waals surface area contributed by atoms with Crippen LogP contribution in [0.15, 0.2) is 12.7 Å². The fourth-order valence-electron chi connectivity index (χ4n) is 6.04. The predicted molar refractivity (Wildman–Crippen MR) is 128 cm³/mol. The van der Waals surface area contributed by atoms with Gasteiger partial charge in [-0.2, -0.15) is 0 Å². The molecule has 4 fully saturated rings. The minimum atomic E-state index is -0.881. The summed E-state index contributed by atoms with van der Waals surface area (Å²) in [5, 5.41) is 5.43. The Bertz CT molecular complexity index is 871. The minimum Gasteiger partial charge on any atom is -0.346 e. The van der Waals surface area contributed by atoms with Crippen LogP contribution in [0.25, 0.3) is 0 Å². The Morgan fingerprint density at radius 1 is 1.15 bits per heavy atom. The van der Waals surface area contributed by atoms with E-state index in [2.05, 4.69) is 17.2 Å². The van der Waals surface area contributed by atoms with Gasteiger partial charge in [0.2, 0.25) is 17.6 Å². The molecule has 1 aliphatic heterocycles. The van der Waals surface area contributed by atoms with E-state index in [1.165, 1.54) is 6.08 Å². The molecule has 1 unspecified atom stereocenters. The highest BCUT2D eigenvalue weighted by Gasteiger charge is 2.63. The molecule has 4 N–H and O–H groups in total. The third-order valence-corrected chi connectivity index (χ3v) is 8.59. The topological polar surface area (TPSA) is 122 Å². The zero-order valence-corrected chi connectivity index (χ0v) is 20.8. The van der Waals surface area contributed by atoms with Crippen molar-refractivity contribution in [2.75, 3.05) is 13.1 Å². The van der Waals surface area contributed by atoms with E-state index in [9.17, 15) is 19.2 Å². The van der Waals surface area contributed by atoms with E-state index < -0.39 is 35.2 Å². The molecule has 0 aromatic heterocycles. The number of nitrogens with zero attached hydrogens (tertiary/aromatic N) is 1. The molecular weight excluding hydrogens is 432 g/mol. The fraction of sp³-hybridized carbons (Fsp3) is 0.769. The maximum absolute atomic E-state index is 13.7. The molecule has 3 amide bonds. The lowest BCUT2D eigenvalue weighted by Crippen LogP contribution is -2.58. The van der Waals surface area contributed by atoms with E-state index in [1.54, 1.807) is 4.90 Å². The lowest BCUT2D eigenvalue weighted by molar-refractivity contribution is -0.144. The highest BCUT2D eigenvalue weighted by atomic mass is 16.2. The van der Waals surface area contributed by atoms with Crippen LogP contribution in [-0.4, -0.2) is 59.6 Å². The molecule has 4 rings (SSSR count). The number of hydrogen-bond acceptors (Lipinski definition) is 5. The first kappa shape index (κ1) is 24.9. The maximum Gasteiger partial charge on any atom is 0.289 e. The molecule has 8 heteroatoms. The number of carbonyl (C=O) groups is 4. The minimum absolute atomic E-state index is 0.0740. The van der Waals surface area contributed by atoms with Gasteiger partial charge in [0.25, 0.3) is 5.91 Å². The summed E-state index contributed by atoms with van der Waals surface area (Å²) in [6.07, 6.45) is 8.25. The number of Topliss-reactive ketones (excluding diaryl/α,β-unsaturated/α-hetero) is 1. The molecule has 4 aliphatic rings. The van der Waals surface area contributed by atoms with E-state index in [4.69, 9.17) is 5.73 Å². The quantitative estimate of drug-likeness (QED) is 0.347. The number of carbonyl (C=O) groups excluding carboxylic acids is 4. The van der Waals surface area contributed by atoms with Crippen LogP contribution in [0, 0.1) is 28.6 Å². The Morgan fingerprint density at radius 3 is 2.38 bits per heavy atom. The molecule has 8 nitrogen and oxygen atoms in total. The molecule has 1 saturated heterocycles. The average molecular weight is 473 g/mol. The number of nitrogens with two attached hydrogens (primary N) is 1. The van der Waals surface area contributed by atoms with Crippen LogP contribution in [0.2, 0.25) is 0 Å². The number of fused-ring (bicyclic) bond motifs is 2. The van der Waals surface area contributed by atoms with E-state index in [0.29, 0.717) is 24.8 Å². The molecule has 0 bridgehead atoms. The normalized spacial score (nSPS) is 28.7. The van der Waals surface area contributed by atoms with E-state index >= 15 is 0 Å². The van der Waals surface area contributed by atoms with Gasteiger partial charge in [0.1, 0.15) is 6.04 Å². The van der Waals surface area contributed by atoms with Gasteiger partial charge in [-0.15, -0.1) is 6.58 Å². The summed E-state index contributed by atoms with van der Waals surface area (Å²) < 4.78 is 0. The van der Waals surface area contributed by atoms with Gasteiger partial charge in [0.05, 0.1) is 12.1 Å². The lowest BCUT2D eigenvalue weighted by Gasteiger charge is -2.34. The van der Waals surface area contributed by atoms with Crippen LogP contribution < -0.4 is 16.4 Å². The number of amides is 3.